The third kappa shape index (κ3) is 4.24. The molecule has 1 atom stereocenters. The van der Waals surface area contributed by atoms with Crippen LogP contribution in [0, 0.1) is 5.82 Å². The molecule has 0 saturated carbocycles. The molecule has 2 heterocycles. The van der Waals surface area contributed by atoms with Gasteiger partial charge in [0.2, 0.25) is 0 Å². The number of halogens is 2. The van der Waals surface area contributed by atoms with Gasteiger partial charge in [0, 0.05) is 21.9 Å². The largest absolute Gasteiger partial charge is 0.478 e. The first kappa shape index (κ1) is 19.0. The molecule has 0 saturated heterocycles. The van der Waals surface area contributed by atoms with E-state index in [9.17, 15) is 4.39 Å². The third-order valence-electron chi connectivity index (χ3n) is 4.01. The summed E-state index contributed by atoms with van der Waals surface area (Å²) in [4.78, 5) is 0. The summed E-state index contributed by atoms with van der Waals surface area (Å²) in [6.45, 7) is 2.39. The lowest BCUT2D eigenvalue weighted by molar-refractivity contribution is -0.0168. The normalized spacial score (nSPS) is 14.2. The second-order valence-electron chi connectivity index (χ2n) is 6.05. The molecule has 0 spiro atoms. The molecule has 9 heteroatoms. The smallest absolute Gasteiger partial charge is 0.277 e. The maximum atomic E-state index is 13.7. The second kappa shape index (κ2) is 8.38. The lowest BCUT2D eigenvalue weighted by Crippen LogP contribution is -2.12. The Morgan fingerprint density at radius 2 is 2.14 bits per heavy atom. The Hall–Kier alpha value is -2.29. The Bertz CT molecular complexity index is 984. The molecule has 0 N–H and O–H groups in total. The van der Waals surface area contributed by atoms with Crippen LogP contribution in [0.4, 0.5) is 4.39 Å². The molecule has 0 aliphatic carbocycles. The van der Waals surface area contributed by atoms with E-state index in [4.69, 9.17) is 30.2 Å². The van der Waals surface area contributed by atoms with E-state index in [1.54, 1.807) is 25.1 Å². The van der Waals surface area contributed by atoms with E-state index >= 15 is 0 Å². The van der Waals surface area contributed by atoms with Crippen LogP contribution in [0.1, 0.15) is 30.0 Å². The van der Waals surface area contributed by atoms with Gasteiger partial charge in [0.25, 0.3) is 11.1 Å². The summed E-state index contributed by atoms with van der Waals surface area (Å²) in [5.41, 5.74) is 1.83. The van der Waals surface area contributed by atoms with E-state index in [0.717, 1.165) is 16.9 Å². The highest BCUT2D eigenvalue weighted by Gasteiger charge is 2.20. The molecule has 1 aliphatic heterocycles. The maximum Gasteiger partial charge on any atom is 0.277 e. The lowest BCUT2D eigenvalue weighted by Gasteiger charge is -2.20. The number of thioether (sulfide) groups is 1. The number of aromatic nitrogens is 2. The summed E-state index contributed by atoms with van der Waals surface area (Å²) >= 11 is 7.53. The van der Waals surface area contributed by atoms with Crippen molar-refractivity contribution >= 4 is 23.4 Å². The van der Waals surface area contributed by atoms with Crippen LogP contribution in [-0.4, -0.2) is 17.0 Å². The van der Waals surface area contributed by atoms with Crippen LogP contribution in [0.25, 0.3) is 0 Å². The van der Waals surface area contributed by atoms with Crippen LogP contribution in [0.2, 0.25) is 5.02 Å². The molecule has 1 unspecified atom stereocenters. The number of para-hydroxylation sites is 1. The Morgan fingerprint density at radius 1 is 1.29 bits per heavy atom. The summed E-state index contributed by atoms with van der Waals surface area (Å²) in [6.07, 6.45) is -0.585. The first-order chi connectivity index (χ1) is 13.6. The minimum absolute atomic E-state index is 0.132. The van der Waals surface area contributed by atoms with E-state index in [2.05, 4.69) is 10.2 Å². The van der Waals surface area contributed by atoms with Gasteiger partial charge >= 0.3 is 0 Å². The van der Waals surface area contributed by atoms with Crippen LogP contribution in [-0.2, 0) is 17.1 Å². The third-order valence-corrected chi connectivity index (χ3v) is 5.10. The SMILES string of the molecule is CC(Oc1ccccc1F)c1nnc(SCc2cc(Cl)cc3c2OCOC3)o1. The van der Waals surface area contributed by atoms with Crippen molar-refractivity contribution in [2.75, 3.05) is 6.79 Å². The van der Waals surface area contributed by atoms with Crippen molar-refractivity contribution < 1.29 is 23.0 Å². The highest BCUT2D eigenvalue weighted by molar-refractivity contribution is 7.98. The monoisotopic (exact) mass is 422 g/mol. The number of benzene rings is 2. The quantitative estimate of drug-likeness (QED) is 0.508. The highest BCUT2D eigenvalue weighted by atomic mass is 35.5. The molecule has 0 amide bonds. The number of nitrogens with zero attached hydrogens (tertiary/aromatic N) is 2. The molecule has 28 heavy (non-hydrogen) atoms. The molecule has 0 fully saturated rings. The molecule has 0 bridgehead atoms. The van der Waals surface area contributed by atoms with Gasteiger partial charge in [0.15, 0.2) is 24.5 Å². The van der Waals surface area contributed by atoms with Crippen LogP contribution < -0.4 is 9.47 Å². The van der Waals surface area contributed by atoms with Gasteiger partial charge in [-0.25, -0.2) is 4.39 Å². The van der Waals surface area contributed by atoms with Crippen LogP contribution in [0.15, 0.2) is 46.0 Å². The van der Waals surface area contributed by atoms with Gasteiger partial charge in [0.05, 0.1) is 6.61 Å². The summed E-state index contributed by atoms with van der Waals surface area (Å²) < 4.78 is 35.8. The van der Waals surface area contributed by atoms with E-state index < -0.39 is 11.9 Å². The summed E-state index contributed by atoms with van der Waals surface area (Å²) in [5.74, 6) is 1.26. The van der Waals surface area contributed by atoms with Crippen molar-refractivity contribution in [2.45, 2.75) is 30.6 Å². The summed E-state index contributed by atoms with van der Waals surface area (Å²) in [5, 5.41) is 9.01. The molecular formula is C19H16ClFN2O4S. The van der Waals surface area contributed by atoms with E-state index in [0.29, 0.717) is 22.6 Å². The van der Waals surface area contributed by atoms with Gasteiger partial charge in [-0.15, -0.1) is 10.2 Å². The molecule has 146 valence electrons. The van der Waals surface area contributed by atoms with E-state index in [1.807, 2.05) is 12.1 Å². The predicted octanol–water partition coefficient (Wildman–Crippen LogP) is 5.16. The van der Waals surface area contributed by atoms with Crippen molar-refractivity contribution in [3.63, 3.8) is 0 Å². The zero-order valence-electron chi connectivity index (χ0n) is 14.9. The summed E-state index contributed by atoms with van der Waals surface area (Å²) in [7, 11) is 0. The number of hydrogen-bond acceptors (Lipinski definition) is 7. The van der Waals surface area contributed by atoms with Crippen molar-refractivity contribution in [3.05, 3.63) is 64.3 Å². The Balaban J connectivity index is 1.43. The molecule has 3 aromatic rings. The predicted molar refractivity (Wildman–Crippen MR) is 101 cm³/mol. The van der Waals surface area contributed by atoms with Gasteiger partial charge < -0.3 is 18.6 Å². The first-order valence-electron chi connectivity index (χ1n) is 8.49. The Labute approximate surface area is 169 Å². The van der Waals surface area contributed by atoms with Crippen molar-refractivity contribution in [1.82, 2.24) is 10.2 Å². The fourth-order valence-electron chi connectivity index (χ4n) is 2.73. The van der Waals surface area contributed by atoms with Gasteiger partial charge in [-0.3, -0.25) is 0 Å². The van der Waals surface area contributed by atoms with Gasteiger partial charge in [0.1, 0.15) is 5.75 Å². The highest BCUT2D eigenvalue weighted by Crippen LogP contribution is 2.35. The van der Waals surface area contributed by atoms with E-state index in [-0.39, 0.29) is 18.4 Å². The van der Waals surface area contributed by atoms with Gasteiger partial charge in [-0.2, -0.15) is 0 Å². The molecule has 6 nitrogen and oxygen atoms in total. The van der Waals surface area contributed by atoms with Crippen molar-refractivity contribution in [3.8, 4) is 11.5 Å². The number of rotatable bonds is 6. The fourth-order valence-corrected chi connectivity index (χ4v) is 3.73. The minimum Gasteiger partial charge on any atom is -0.478 e. The van der Waals surface area contributed by atoms with Crippen LogP contribution in [0.3, 0.4) is 0 Å². The molecule has 1 aliphatic rings. The molecule has 2 aromatic carbocycles. The van der Waals surface area contributed by atoms with Crippen LogP contribution in [0.5, 0.6) is 11.5 Å². The zero-order chi connectivity index (χ0) is 19.5. The Morgan fingerprint density at radius 3 is 3.00 bits per heavy atom. The van der Waals surface area contributed by atoms with E-state index in [1.165, 1.54) is 17.8 Å². The molecule has 1 aromatic heterocycles. The second-order valence-corrected chi connectivity index (χ2v) is 7.41. The molecule has 0 radical (unpaired) electrons. The first-order valence-corrected chi connectivity index (χ1v) is 9.85. The van der Waals surface area contributed by atoms with Crippen LogP contribution >= 0.6 is 23.4 Å². The number of hydrogen-bond donors (Lipinski definition) is 0. The summed E-state index contributed by atoms with van der Waals surface area (Å²) in [6, 6.07) is 9.84. The standard InChI is InChI=1S/C19H16ClFN2O4S/c1-11(26-16-5-3-2-4-15(16)21)18-22-23-19(27-18)28-9-13-7-14(20)6-12-8-24-10-25-17(12)13/h2-7,11H,8-10H2,1H3. The average molecular weight is 423 g/mol. The fraction of sp³-hybridized carbons (Fsp3) is 0.263. The minimum atomic E-state index is -0.585. The van der Waals surface area contributed by atoms with Gasteiger partial charge in [-0.1, -0.05) is 35.5 Å². The maximum absolute atomic E-state index is 13.7. The Kier molecular flexibility index (Phi) is 5.70. The van der Waals surface area contributed by atoms with Crippen molar-refractivity contribution in [2.24, 2.45) is 0 Å². The molecular weight excluding hydrogens is 407 g/mol. The van der Waals surface area contributed by atoms with Crippen molar-refractivity contribution in [1.29, 1.82) is 0 Å². The number of fused-ring (bicyclic) bond motifs is 1. The number of ether oxygens (including phenoxy) is 3. The average Bonchev–Trinajstić information content (AvgIpc) is 3.17. The van der Waals surface area contributed by atoms with Gasteiger partial charge in [-0.05, 0) is 31.2 Å². The molecule has 4 rings (SSSR count). The zero-order valence-corrected chi connectivity index (χ0v) is 16.4. The lowest BCUT2D eigenvalue weighted by atomic mass is 10.1. The topological polar surface area (TPSA) is 66.6 Å².